The molecule has 1 aromatic heterocycles. The quantitative estimate of drug-likeness (QED) is 0.795. The number of hydrogen-bond acceptors (Lipinski definition) is 4. The average Bonchev–Trinajstić information content (AvgIpc) is 2.85. The molecule has 1 aromatic carbocycles. The van der Waals surface area contributed by atoms with Gasteiger partial charge in [-0.2, -0.15) is 10.4 Å². The monoisotopic (exact) mass is 279 g/mol. The Kier molecular flexibility index (Phi) is 4.23. The number of nitrogens with zero attached hydrogens (tertiary/aromatic N) is 3. The number of nitrogens with two attached hydrogens (primary N) is 1. The average molecular weight is 279 g/mol. The molecule has 0 fully saturated rings. The fraction of sp³-hybridized carbons (Fsp3) is 0.133. The molecule has 0 aliphatic rings. The van der Waals surface area contributed by atoms with Crippen LogP contribution in [0.25, 0.3) is 5.69 Å². The Morgan fingerprint density at radius 2 is 2.14 bits per heavy atom. The van der Waals surface area contributed by atoms with Crippen LogP contribution < -0.4 is 11.1 Å². The lowest BCUT2D eigenvalue weighted by Gasteiger charge is -2.03. The van der Waals surface area contributed by atoms with Gasteiger partial charge in [0.2, 0.25) is 5.91 Å². The second-order valence-corrected chi connectivity index (χ2v) is 4.23. The minimum atomic E-state index is -0.109. The summed E-state index contributed by atoms with van der Waals surface area (Å²) in [5.74, 6) is 5.97. The number of amides is 1. The zero-order valence-electron chi connectivity index (χ0n) is 11.4. The second-order valence-electron chi connectivity index (χ2n) is 4.23. The first kappa shape index (κ1) is 14.2. The Morgan fingerprint density at radius 1 is 1.43 bits per heavy atom. The molecule has 1 heterocycles. The highest BCUT2D eigenvalue weighted by Crippen LogP contribution is 2.16. The standard InChI is InChI=1S/C15H13N5O/c1-11(21)18-8-2-3-12-4-6-14(7-5-12)20-15(17)13(9-16)10-19-20/h4-7,10H,8,17H2,1H3,(H,18,21). The van der Waals surface area contributed by atoms with E-state index in [2.05, 4.69) is 22.3 Å². The van der Waals surface area contributed by atoms with Crippen molar-refractivity contribution in [3.05, 3.63) is 41.6 Å². The molecule has 2 aromatic rings. The van der Waals surface area contributed by atoms with Crippen LogP contribution in [0, 0.1) is 23.2 Å². The van der Waals surface area contributed by atoms with Crippen LogP contribution in [0.15, 0.2) is 30.5 Å². The number of aromatic nitrogens is 2. The van der Waals surface area contributed by atoms with Gasteiger partial charge >= 0.3 is 0 Å². The molecule has 21 heavy (non-hydrogen) atoms. The van der Waals surface area contributed by atoms with E-state index in [1.165, 1.54) is 17.8 Å². The number of benzene rings is 1. The summed E-state index contributed by atoms with van der Waals surface area (Å²) >= 11 is 0. The first-order valence-electron chi connectivity index (χ1n) is 6.19. The van der Waals surface area contributed by atoms with E-state index in [4.69, 9.17) is 11.0 Å². The summed E-state index contributed by atoms with van der Waals surface area (Å²) < 4.78 is 1.49. The number of nitrogens with one attached hydrogen (secondary N) is 1. The van der Waals surface area contributed by atoms with Gasteiger partial charge in [-0.25, -0.2) is 4.68 Å². The van der Waals surface area contributed by atoms with Crippen molar-refractivity contribution >= 4 is 11.7 Å². The van der Waals surface area contributed by atoms with Gasteiger partial charge in [0.25, 0.3) is 0 Å². The maximum atomic E-state index is 10.7. The Balaban J connectivity index is 2.14. The minimum Gasteiger partial charge on any atom is -0.382 e. The van der Waals surface area contributed by atoms with Gasteiger partial charge in [0.05, 0.1) is 18.4 Å². The van der Waals surface area contributed by atoms with Crippen LogP contribution in [0.4, 0.5) is 5.82 Å². The Labute approximate surface area is 122 Å². The zero-order valence-corrected chi connectivity index (χ0v) is 11.4. The SMILES string of the molecule is CC(=O)NCC#Cc1ccc(-n2ncc(C#N)c2N)cc1. The van der Waals surface area contributed by atoms with Crippen LogP contribution in [0.1, 0.15) is 18.1 Å². The van der Waals surface area contributed by atoms with Crippen LogP contribution in [0.3, 0.4) is 0 Å². The van der Waals surface area contributed by atoms with Crippen LogP contribution >= 0.6 is 0 Å². The van der Waals surface area contributed by atoms with E-state index in [1.54, 1.807) is 0 Å². The van der Waals surface area contributed by atoms with E-state index in [0.717, 1.165) is 11.3 Å². The highest BCUT2D eigenvalue weighted by atomic mass is 16.1. The van der Waals surface area contributed by atoms with Gasteiger partial charge in [-0.1, -0.05) is 11.8 Å². The maximum absolute atomic E-state index is 10.7. The fourth-order valence-corrected chi connectivity index (χ4v) is 1.65. The third-order valence-electron chi connectivity index (χ3n) is 2.70. The lowest BCUT2D eigenvalue weighted by Crippen LogP contribution is -2.19. The van der Waals surface area contributed by atoms with Gasteiger partial charge in [0.1, 0.15) is 17.5 Å². The van der Waals surface area contributed by atoms with E-state index in [0.29, 0.717) is 17.9 Å². The molecule has 6 nitrogen and oxygen atoms in total. The van der Waals surface area contributed by atoms with Crippen LogP contribution in [0.2, 0.25) is 0 Å². The van der Waals surface area contributed by atoms with Gasteiger partial charge in [-0.05, 0) is 24.3 Å². The van der Waals surface area contributed by atoms with Crippen molar-refractivity contribution in [2.75, 3.05) is 12.3 Å². The molecule has 0 aliphatic carbocycles. The Bertz CT molecular complexity index is 756. The molecule has 3 N–H and O–H groups in total. The molecule has 0 bridgehead atoms. The molecule has 1 amide bonds. The van der Waals surface area contributed by atoms with Crippen molar-refractivity contribution in [1.29, 1.82) is 5.26 Å². The summed E-state index contributed by atoms with van der Waals surface area (Å²) in [6, 6.07) is 9.25. The van der Waals surface area contributed by atoms with E-state index < -0.39 is 0 Å². The number of carbonyl (C=O) groups excluding carboxylic acids is 1. The van der Waals surface area contributed by atoms with Gasteiger partial charge in [0, 0.05) is 12.5 Å². The first-order valence-corrected chi connectivity index (χ1v) is 6.19. The summed E-state index contributed by atoms with van der Waals surface area (Å²) in [6.45, 7) is 1.76. The molecule has 0 saturated carbocycles. The highest BCUT2D eigenvalue weighted by molar-refractivity contribution is 5.73. The van der Waals surface area contributed by atoms with Gasteiger partial charge in [-0.3, -0.25) is 4.79 Å². The summed E-state index contributed by atoms with van der Waals surface area (Å²) in [7, 11) is 0. The van der Waals surface area contributed by atoms with Gasteiger partial charge < -0.3 is 11.1 Å². The van der Waals surface area contributed by atoms with Crippen LogP contribution in [-0.2, 0) is 4.79 Å². The molecule has 0 saturated heterocycles. The van der Waals surface area contributed by atoms with Gasteiger partial charge in [0.15, 0.2) is 0 Å². The summed E-state index contributed by atoms with van der Waals surface area (Å²) in [5.41, 5.74) is 7.73. The predicted molar refractivity (Wildman–Crippen MR) is 78.3 cm³/mol. The van der Waals surface area contributed by atoms with Crippen molar-refractivity contribution in [2.45, 2.75) is 6.92 Å². The molecule has 0 atom stereocenters. The van der Waals surface area contributed by atoms with E-state index in [9.17, 15) is 4.79 Å². The maximum Gasteiger partial charge on any atom is 0.217 e. The minimum absolute atomic E-state index is 0.109. The Morgan fingerprint density at radius 3 is 2.71 bits per heavy atom. The summed E-state index contributed by atoms with van der Waals surface area (Å²) in [5, 5.41) is 15.5. The van der Waals surface area contributed by atoms with Crippen molar-refractivity contribution < 1.29 is 4.79 Å². The van der Waals surface area contributed by atoms with Crippen molar-refractivity contribution in [3.63, 3.8) is 0 Å². The molecule has 104 valence electrons. The van der Waals surface area contributed by atoms with E-state index >= 15 is 0 Å². The third-order valence-corrected chi connectivity index (χ3v) is 2.70. The number of carbonyl (C=O) groups is 1. The van der Waals surface area contributed by atoms with Crippen LogP contribution in [-0.4, -0.2) is 22.2 Å². The number of rotatable bonds is 2. The Hall–Kier alpha value is -3.25. The molecule has 0 aliphatic heterocycles. The fourth-order valence-electron chi connectivity index (χ4n) is 1.65. The smallest absolute Gasteiger partial charge is 0.217 e. The molecule has 0 radical (unpaired) electrons. The predicted octanol–water partition coefficient (Wildman–Crippen LogP) is 0.814. The topological polar surface area (TPSA) is 96.7 Å². The number of nitrogen functional groups attached to an aromatic ring is 1. The summed E-state index contributed by atoms with van der Waals surface area (Å²) in [4.78, 5) is 10.7. The number of hydrogen-bond donors (Lipinski definition) is 2. The van der Waals surface area contributed by atoms with Gasteiger partial charge in [-0.15, -0.1) is 0 Å². The summed E-state index contributed by atoms with van der Waals surface area (Å²) in [6.07, 6.45) is 1.43. The molecule has 0 unspecified atom stereocenters. The number of anilines is 1. The molecule has 6 heteroatoms. The molecule has 0 spiro atoms. The molecular formula is C15H13N5O. The number of nitriles is 1. The lowest BCUT2D eigenvalue weighted by atomic mass is 10.2. The molecular weight excluding hydrogens is 266 g/mol. The van der Waals surface area contributed by atoms with Crippen molar-refractivity contribution in [3.8, 4) is 23.6 Å². The first-order chi connectivity index (χ1) is 10.1. The van der Waals surface area contributed by atoms with Crippen molar-refractivity contribution in [1.82, 2.24) is 15.1 Å². The molecule has 2 rings (SSSR count). The largest absolute Gasteiger partial charge is 0.382 e. The third kappa shape index (κ3) is 3.40. The normalized spacial score (nSPS) is 9.33. The van der Waals surface area contributed by atoms with E-state index in [-0.39, 0.29) is 5.91 Å². The second kappa shape index (κ2) is 6.27. The zero-order chi connectivity index (χ0) is 15.2. The van der Waals surface area contributed by atoms with Crippen LogP contribution in [0.5, 0.6) is 0 Å². The lowest BCUT2D eigenvalue weighted by molar-refractivity contribution is -0.118. The highest BCUT2D eigenvalue weighted by Gasteiger charge is 2.07. The van der Waals surface area contributed by atoms with Crippen molar-refractivity contribution in [2.24, 2.45) is 0 Å². The van der Waals surface area contributed by atoms with E-state index in [1.807, 2.05) is 30.3 Å².